The quantitative estimate of drug-likeness (QED) is 0.634. The van der Waals surface area contributed by atoms with Crippen LogP contribution < -0.4 is 0 Å². The van der Waals surface area contributed by atoms with E-state index in [1.165, 1.54) is 24.0 Å². The van der Waals surface area contributed by atoms with Crippen molar-refractivity contribution in [1.82, 2.24) is 0 Å². The van der Waals surface area contributed by atoms with Gasteiger partial charge in [-0.2, -0.15) is 0 Å². The summed E-state index contributed by atoms with van der Waals surface area (Å²) in [6.45, 7) is 8.73. The molecule has 0 N–H and O–H groups in total. The van der Waals surface area contributed by atoms with Gasteiger partial charge in [-0.3, -0.25) is 4.79 Å². The SMILES string of the molecule is CCCC(=O)C=CC1=C(C)CCC1(C)C. The van der Waals surface area contributed by atoms with Crippen molar-refractivity contribution in [2.75, 3.05) is 0 Å². The summed E-state index contributed by atoms with van der Waals surface area (Å²) in [7, 11) is 0. The molecule has 0 fully saturated rings. The van der Waals surface area contributed by atoms with Crippen LogP contribution in [-0.4, -0.2) is 5.78 Å². The number of allylic oxidation sites excluding steroid dienone is 4. The third-order valence-electron chi connectivity index (χ3n) is 3.25. The van der Waals surface area contributed by atoms with Crippen LogP contribution >= 0.6 is 0 Å². The van der Waals surface area contributed by atoms with Crippen LogP contribution in [0.3, 0.4) is 0 Å². The molecule has 0 atom stereocenters. The van der Waals surface area contributed by atoms with Gasteiger partial charge in [-0.1, -0.05) is 32.4 Å². The minimum atomic E-state index is 0.250. The lowest BCUT2D eigenvalue weighted by molar-refractivity contribution is -0.114. The molecule has 84 valence electrons. The van der Waals surface area contributed by atoms with E-state index in [1.807, 2.05) is 13.0 Å². The molecule has 0 saturated carbocycles. The van der Waals surface area contributed by atoms with Crippen LogP contribution in [0.25, 0.3) is 0 Å². The molecular weight excluding hydrogens is 184 g/mol. The molecule has 1 aliphatic rings. The van der Waals surface area contributed by atoms with Crippen molar-refractivity contribution in [3.8, 4) is 0 Å². The predicted molar refractivity (Wildman–Crippen MR) is 64.8 cm³/mol. The smallest absolute Gasteiger partial charge is 0.155 e. The van der Waals surface area contributed by atoms with E-state index in [4.69, 9.17) is 0 Å². The fourth-order valence-corrected chi connectivity index (χ4v) is 2.22. The fourth-order valence-electron chi connectivity index (χ4n) is 2.22. The maximum atomic E-state index is 11.4. The van der Waals surface area contributed by atoms with Crippen LogP contribution in [0.4, 0.5) is 0 Å². The predicted octanol–water partition coefficient (Wildman–Crippen LogP) is 4.05. The molecule has 0 amide bonds. The molecule has 0 bridgehead atoms. The molecule has 1 rings (SSSR count). The van der Waals surface area contributed by atoms with Gasteiger partial charge < -0.3 is 0 Å². The lowest BCUT2D eigenvalue weighted by Crippen LogP contribution is -2.08. The summed E-state index contributed by atoms with van der Waals surface area (Å²) in [4.78, 5) is 11.4. The van der Waals surface area contributed by atoms with Gasteiger partial charge in [-0.05, 0) is 43.3 Å². The molecule has 0 spiro atoms. The van der Waals surface area contributed by atoms with Gasteiger partial charge in [0.2, 0.25) is 0 Å². The van der Waals surface area contributed by atoms with Crippen LogP contribution in [-0.2, 0) is 4.79 Å². The van der Waals surface area contributed by atoms with Crippen LogP contribution in [0.15, 0.2) is 23.3 Å². The van der Waals surface area contributed by atoms with Gasteiger partial charge in [0.05, 0.1) is 0 Å². The Bertz CT molecular complexity index is 305. The first-order valence-corrected chi connectivity index (χ1v) is 5.88. The van der Waals surface area contributed by atoms with Crippen molar-refractivity contribution in [3.05, 3.63) is 23.3 Å². The monoisotopic (exact) mass is 206 g/mol. The van der Waals surface area contributed by atoms with E-state index in [-0.39, 0.29) is 11.2 Å². The van der Waals surface area contributed by atoms with E-state index >= 15 is 0 Å². The van der Waals surface area contributed by atoms with Crippen LogP contribution in [0.1, 0.15) is 53.4 Å². The van der Waals surface area contributed by atoms with Gasteiger partial charge in [0, 0.05) is 6.42 Å². The van der Waals surface area contributed by atoms with Crippen molar-refractivity contribution in [1.29, 1.82) is 0 Å². The third kappa shape index (κ3) is 3.05. The lowest BCUT2D eigenvalue weighted by Gasteiger charge is -2.20. The molecule has 1 aliphatic carbocycles. The van der Waals surface area contributed by atoms with Crippen molar-refractivity contribution in [3.63, 3.8) is 0 Å². The van der Waals surface area contributed by atoms with Gasteiger partial charge >= 0.3 is 0 Å². The summed E-state index contributed by atoms with van der Waals surface area (Å²) >= 11 is 0. The van der Waals surface area contributed by atoms with Gasteiger partial charge in [0.25, 0.3) is 0 Å². The molecule has 0 heterocycles. The molecule has 1 heteroatoms. The van der Waals surface area contributed by atoms with Crippen molar-refractivity contribution in [2.45, 2.75) is 53.4 Å². The number of rotatable bonds is 4. The van der Waals surface area contributed by atoms with E-state index < -0.39 is 0 Å². The average Bonchev–Trinajstić information content (AvgIpc) is 2.39. The third-order valence-corrected chi connectivity index (χ3v) is 3.25. The lowest BCUT2D eigenvalue weighted by atomic mass is 9.85. The Morgan fingerprint density at radius 2 is 2.13 bits per heavy atom. The molecule has 1 nitrogen and oxygen atoms in total. The maximum absolute atomic E-state index is 11.4. The Morgan fingerprint density at radius 3 is 2.60 bits per heavy atom. The van der Waals surface area contributed by atoms with Crippen LogP contribution in [0.2, 0.25) is 0 Å². The summed E-state index contributed by atoms with van der Waals surface area (Å²) in [5.74, 6) is 0.250. The van der Waals surface area contributed by atoms with E-state index in [0.29, 0.717) is 6.42 Å². The molecular formula is C14H22O. The largest absolute Gasteiger partial charge is 0.295 e. The minimum absolute atomic E-state index is 0.250. The topological polar surface area (TPSA) is 17.1 Å². The molecule has 0 aromatic carbocycles. The number of hydrogen-bond acceptors (Lipinski definition) is 1. The highest BCUT2D eigenvalue weighted by atomic mass is 16.1. The first-order valence-electron chi connectivity index (χ1n) is 5.88. The molecule has 0 unspecified atom stereocenters. The summed E-state index contributed by atoms with van der Waals surface area (Å²) < 4.78 is 0. The van der Waals surface area contributed by atoms with E-state index in [1.54, 1.807) is 6.08 Å². The zero-order valence-electron chi connectivity index (χ0n) is 10.4. The first-order chi connectivity index (χ1) is 6.97. The second kappa shape index (κ2) is 4.78. The van der Waals surface area contributed by atoms with Gasteiger partial charge in [-0.15, -0.1) is 0 Å². The molecule has 15 heavy (non-hydrogen) atoms. The number of carbonyl (C=O) groups excluding carboxylic acids is 1. The average molecular weight is 206 g/mol. The fraction of sp³-hybridized carbons (Fsp3) is 0.643. The van der Waals surface area contributed by atoms with Crippen molar-refractivity contribution < 1.29 is 4.79 Å². The Morgan fingerprint density at radius 1 is 1.47 bits per heavy atom. The second-order valence-corrected chi connectivity index (χ2v) is 5.13. The second-order valence-electron chi connectivity index (χ2n) is 5.13. The van der Waals surface area contributed by atoms with Gasteiger partial charge in [-0.25, -0.2) is 0 Å². The van der Waals surface area contributed by atoms with Crippen LogP contribution in [0.5, 0.6) is 0 Å². The normalized spacial score (nSPS) is 20.3. The Labute approximate surface area is 93.3 Å². The summed E-state index contributed by atoms with van der Waals surface area (Å²) in [5, 5.41) is 0. The maximum Gasteiger partial charge on any atom is 0.155 e. The summed E-state index contributed by atoms with van der Waals surface area (Å²) in [6, 6.07) is 0. The highest BCUT2D eigenvalue weighted by Gasteiger charge is 2.28. The van der Waals surface area contributed by atoms with Crippen LogP contribution in [0, 0.1) is 5.41 Å². The highest BCUT2D eigenvalue weighted by molar-refractivity contribution is 5.90. The summed E-state index contributed by atoms with van der Waals surface area (Å²) in [5.41, 5.74) is 3.07. The molecule has 0 aromatic rings. The zero-order valence-corrected chi connectivity index (χ0v) is 10.4. The number of ketones is 1. The van der Waals surface area contributed by atoms with Gasteiger partial charge in [0.1, 0.15) is 0 Å². The number of hydrogen-bond donors (Lipinski definition) is 0. The van der Waals surface area contributed by atoms with Crippen molar-refractivity contribution >= 4 is 5.78 Å². The zero-order chi connectivity index (χ0) is 11.5. The minimum Gasteiger partial charge on any atom is -0.295 e. The standard InChI is InChI=1S/C14H22O/c1-5-6-12(15)7-8-13-11(2)9-10-14(13,3)4/h7-8H,5-6,9-10H2,1-4H3. The Kier molecular flexibility index (Phi) is 3.90. The molecule has 0 aromatic heterocycles. The Balaban J connectivity index is 2.73. The van der Waals surface area contributed by atoms with E-state index in [0.717, 1.165) is 6.42 Å². The van der Waals surface area contributed by atoms with Gasteiger partial charge in [0.15, 0.2) is 5.78 Å². The summed E-state index contributed by atoms with van der Waals surface area (Å²) in [6.07, 6.45) is 7.79. The van der Waals surface area contributed by atoms with Crippen molar-refractivity contribution in [2.24, 2.45) is 5.41 Å². The first kappa shape index (κ1) is 12.2. The Hall–Kier alpha value is -0.850. The molecule has 0 aliphatic heterocycles. The number of carbonyl (C=O) groups is 1. The highest BCUT2D eigenvalue weighted by Crippen LogP contribution is 2.42. The van der Waals surface area contributed by atoms with E-state index in [2.05, 4.69) is 20.8 Å². The molecule has 0 saturated heterocycles. The van der Waals surface area contributed by atoms with E-state index in [9.17, 15) is 4.79 Å². The molecule has 0 radical (unpaired) electrons.